The van der Waals surface area contributed by atoms with Gasteiger partial charge in [-0.05, 0) is 31.2 Å². The van der Waals surface area contributed by atoms with Crippen LogP contribution in [0.4, 0.5) is 0 Å². The van der Waals surface area contributed by atoms with Gasteiger partial charge in [0.1, 0.15) is 0 Å². The van der Waals surface area contributed by atoms with Gasteiger partial charge in [-0.3, -0.25) is 4.79 Å². The summed E-state index contributed by atoms with van der Waals surface area (Å²) in [5.41, 5.74) is 0. The number of carbonyl (C=O) groups is 2. The Balaban J connectivity index is 1.69. The third-order valence-corrected chi connectivity index (χ3v) is 4.33. The third kappa shape index (κ3) is 4.86. The molecule has 1 heterocycles. The number of amides is 1. The van der Waals surface area contributed by atoms with Crippen molar-refractivity contribution in [3.8, 4) is 0 Å². The van der Waals surface area contributed by atoms with E-state index in [1.165, 1.54) is 25.5 Å². The van der Waals surface area contributed by atoms with Gasteiger partial charge < -0.3 is 10.2 Å². The standard InChI is InChI=1S/C16H25N3O3/c1-12-6-3-4-7-14(12)18-15(20)9-8-13(2)16(21)22-19-11-5-10-17-19/h5,10-14H,3-4,6-9H2,1-2H3,(H,18,20). The lowest BCUT2D eigenvalue weighted by Gasteiger charge is -2.29. The van der Waals surface area contributed by atoms with Crippen LogP contribution in [0.3, 0.4) is 0 Å². The van der Waals surface area contributed by atoms with Crippen LogP contribution in [0.5, 0.6) is 0 Å². The molecule has 0 aromatic carbocycles. The Bertz CT molecular complexity index is 487. The molecule has 1 saturated carbocycles. The molecule has 0 aliphatic heterocycles. The minimum atomic E-state index is -0.373. The summed E-state index contributed by atoms with van der Waals surface area (Å²) >= 11 is 0. The molecule has 22 heavy (non-hydrogen) atoms. The van der Waals surface area contributed by atoms with E-state index in [-0.39, 0.29) is 23.8 Å². The van der Waals surface area contributed by atoms with E-state index in [2.05, 4.69) is 17.3 Å². The van der Waals surface area contributed by atoms with Gasteiger partial charge >= 0.3 is 5.97 Å². The number of aromatic nitrogens is 2. The van der Waals surface area contributed by atoms with Gasteiger partial charge in [0, 0.05) is 12.5 Å². The van der Waals surface area contributed by atoms with Gasteiger partial charge in [0.05, 0.1) is 18.3 Å². The van der Waals surface area contributed by atoms with Crippen LogP contribution in [0.1, 0.15) is 52.4 Å². The fourth-order valence-electron chi connectivity index (χ4n) is 2.77. The smallest absolute Gasteiger partial charge is 0.337 e. The van der Waals surface area contributed by atoms with Crippen LogP contribution < -0.4 is 10.2 Å². The molecule has 1 aromatic heterocycles. The van der Waals surface area contributed by atoms with Crippen molar-refractivity contribution in [3.05, 3.63) is 18.5 Å². The highest BCUT2D eigenvalue weighted by Crippen LogP contribution is 2.23. The van der Waals surface area contributed by atoms with Crippen LogP contribution in [0.2, 0.25) is 0 Å². The van der Waals surface area contributed by atoms with Crippen LogP contribution in [-0.4, -0.2) is 27.9 Å². The van der Waals surface area contributed by atoms with Crippen molar-refractivity contribution in [1.82, 2.24) is 15.3 Å². The molecular formula is C16H25N3O3. The predicted octanol–water partition coefficient (Wildman–Crippen LogP) is 1.95. The monoisotopic (exact) mass is 307 g/mol. The topological polar surface area (TPSA) is 73.2 Å². The van der Waals surface area contributed by atoms with Gasteiger partial charge in [-0.1, -0.05) is 31.5 Å². The molecule has 0 bridgehead atoms. The number of hydrogen-bond acceptors (Lipinski definition) is 4. The summed E-state index contributed by atoms with van der Waals surface area (Å²) in [5, 5.41) is 6.91. The number of nitrogens with zero attached hydrogens (tertiary/aromatic N) is 2. The lowest BCUT2D eigenvalue weighted by atomic mass is 9.86. The summed E-state index contributed by atoms with van der Waals surface area (Å²) in [6, 6.07) is 1.96. The fraction of sp³-hybridized carbons (Fsp3) is 0.688. The van der Waals surface area contributed by atoms with Gasteiger partial charge in [0.25, 0.3) is 0 Å². The van der Waals surface area contributed by atoms with Gasteiger partial charge in [0.2, 0.25) is 5.91 Å². The van der Waals surface area contributed by atoms with Crippen molar-refractivity contribution in [2.75, 3.05) is 0 Å². The van der Waals surface area contributed by atoms with Crippen molar-refractivity contribution in [2.45, 2.75) is 58.4 Å². The first kappa shape index (κ1) is 16.5. The van der Waals surface area contributed by atoms with Gasteiger partial charge in [-0.2, -0.15) is 0 Å². The molecule has 122 valence electrons. The van der Waals surface area contributed by atoms with E-state index in [1.807, 2.05) is 0 Å². The Morgan fingerprint density at radius 2 is 2.18 bits per heavy atom. The molecule has 0 spiro atoms. The lowest BCUT2D eigenvalue weighted by Crippen LogP contribution is -2.41. The number of nitrogens with one attached hydrogen (secondary N) is 1. The minimum Gasteiger partial charge on any atom is -0.353 e. The zero-order valence-electron chi connectivity index (χ0n) is 13.3. The molecule has 6 heteroatoms. The van der Waals surface area contributed by atoms with Crippen molar-refractivity contribution in [1.29, 1.82) is 0 Å². The van der Waals surface area contributed by atoms with Gasteiger partial charge in [-0.25, -0.2) is 4.79 Å². The van der Waals surface area contributed by atoms with Crippen molar-refractivity contribution in [3.63, 3.8) is 0 Å². The molecule has 3 unspecified atom stereocenters. The Morgan fingerprint density at radius 1 is 1.41 bits per heavy atom. The lowest BCUT2D eigenvalue weighted by molar-refractivity contribution is -0.150. The third-order valence-electron chi connectivity index (χ3n) is 4.33. The van der Waals surface area contributed by atoms with Crippen molar-refractivity contribution >= 4 is 11.9 Å². The average Bonchev–Trinajstić information content (AvgIpc) is 3.00. The summed E-state index contributed by atoms with van der Waals surface area (Å²) < 4.78 is 0. The Kier molecular flexibility index (Phi) is 5.98. The van der Waals surface area contributed by atoms with E-state index in [4.69, 9.17) is 4.84 Å². The molecule has 1 aliphatic carbocycles. The van der Waals surface area contributed by atoms with E-state index in [0.29, 0.717) is 18.8 Å². The molecule has 0 saturated heterocycles. The molecule has 1 amide bonds. The molecule has 1 aliphatic rings. The first-order chi connectivity index (χ1) is 10.6. The van der Waals surface area contributed by atoms with E-state index in [9.17, 15) is 9.59 Å². The Labute approximate surface area is 131 Å². The first-order valence-corrected chi connectivity index (χ1v) is 8.07. The van der Waals surface area contributed by atoms with Crippen molar-refractivity contribution < 1.29 is 14.4 Å². The normalized spacial score (nSPS) is 22.8. The second-order valence-electron chi connectivity index (χ2n) is 6.19. The second-order valence-corrected chi connectivity index (χ2v) is 6.19. The molecular weight excluding hydrogens is 282 g/mol. The van der Waals surface area contributed by atoms with Gasteiger partial charge in [-0.15, -0.1) is 5.10 Å². The van der Waals surface area contributed by atoms with E-state index in [0.717, 1.165) is 11.3 Å². The second kappa shape index (κ2) is 7.96. The highest BCUT2D eigenvalue weighted by molar-refractivity contribution is 5.78. The van der Waals surface area contributed by atoms with Crippen LogP contribution in [-0.2, 0) is 9.59 Å². The summed E-state index contributed by atoms with van der Waals surface area (Å²) in [4.78, 5) is 30.0. The largest absolute Gasteiger partial charge is 0.353 e. The maximum atomic E-state index is 12.0. The Morgan fingerprint density at radius 3 is 2.86 bits per heavy atom. The van der Waals surface area contributed by atoms with Crippen molar-refractivity contribution in [2.24, 2.45) is 11.8 Å². The predicted molar refractivity (Wildman–Crippen MR) is 81.8 cm³/mol. The molecule has 6 nitrogen and oxygen atoms in total. The summed E-state index contributed by atoms with van der Waals surface area (Å²) in [6.45, 7) is 3.95. The first-order valence-electron chi connectivity index (χ1n) is 8.07. The van der Waals surface area contributed by atoms with E-state index < -0.39 is 0 Å². The van der Waals surface area contributed by atoms with Crippen LogP contribution in [0.25, 0.3) is 0 Å². The molecule has 0 radical (unpaired) electrons. The summed E-state index contributed by atoms with van der Waals surface area (Å²) in [7, 11) is 0. The van der Waals surface area contributed by atoms with E-state index >= 15 is 0 Å². The van der Waals surface area contributed by atoms with Gasteiger partial charge in [0.15, 0.2) is 0 Å². The maximum absolute atomic E-state index is 12.0. The number of hydrogen-bond donors (Lipinski definition) is 1. The molecule has 1 fully saturated rings. The highest BCUT2D eigenvalue weighted by atomic mass is 16.7. The molecule has 1 N–H and O–H groups in total. The van der Waals surface area contributed by atoms with Crippen LogP contribution in [0.15, 0.2) is 18.5 Å². The van der Waals surface area contributed by atoms with E-state index in [1.54, 1.807) is 19.2 Å². The number of rotatable bonds is 6. The quantitative estimate of drug-likeness (QED) is 0.872. The number of carbonyl (C=O) groups excluding carboxylic acids is 2. The maximum Gasteiger partial charge on any atom is 0.337 e. The SMILES string of the molecule is CC(CCC(=O)NC1CCCCC1C)C(=O)On1cccn1. The van der Waals surface area contributed by atoms with Crippen LogP contribution >= 0.6 is 0 Å². The molecule has 3 atom stereocenters. The van der Waals surface area contributed by atoms with Crippen LogP contribution in [0, 0.1) is 11.8 Å². The fourth-order valence-corrected chi connectivity index (χ4v) is 2.77. The Hall–Kier alpha value is -1.85. The summed E-state index contributed by atoms with van der Waals surface area (Å²) in [6.07, 6.45) is 8.59. The molecule has 1 aromatic rings. The summed E-state index contributed by atoms with van der Waals surface area (Å²) in [5.74, 6) is -0.140. The molecule has 2 rings (SSSR count). The zero-order chi connectivity index (χ0) is 15.9. The zero-order valence-corrected chi connectivity index (χ0v) is 13.3. The minimum absolute atomic E-state index is 0.0255. The highest BCUT2D eigenvalue weighted by Gasteiger charge is 2.23. The average molecular weight is 307 g/mol.